The van der Waals surface area contributed by atoms with Gasteiger partial charge in [0.05, 0.1) is 30.9 Å². The highest BCUT2D eigenvalue weighted by molar-refractivity contribution is 5.97. The monoisotopic (exact) mass is 616 g/mol. The molecule has 0 fully saturated rings. The van der Waals surface area contributed by atoms with Gasteiger partial charge in [0, 0.05) is 6.61 Å². The molecule has 0 saturated heterocycles. The summed E-state index contributed by atoms with van der Waals surface area (Å²) in [7, 11) is 0. The zero-order valence-electron chi connectivity index (χ0n) is 25.9. The number of esters is 3. The van der Waals surface area contributed by atoms with Gasteiger partial charge >= 0.3 is 17.9 Å². The first kappa shape index (κ1) is 34.7. The van der Waals surface area contributed by atoms with E-state index < -0.39 is 17.9 Å². The van der Waals surface area contributed by atoms with Crippen molar-refractivity contribution in [2.75, 3.05) is 33.0 Å². The molecule has 0 aliphatic heterocycles. The van der Waals surface area contributed by atoms with Crippen molar-refractivity contribution in [1.82, 2.24) is 0 Å². The molecule has 9 nitrogen and oxygen atoms in total. The summed E-state index contributed by atoms with van der Waals surface area (Å²) in [6.07, 6.45) is 10.2. The number of hydrogen-bond acceptors (Lipinski definition) is 9. The van der Waals surface area contributed by atoms with Gasteiger partial charge in [-0.15, -0.1) is 6.42 Å². The largest absolute Gasteiger partial charge is 0.494 e. The number of unbranched alkanes of at least 4 members (excludes halogenated alkanes) is 3. The van der Waals surface area contributed by atoms with Gasteiger partial charge in [0.1, 0.15) is 35.2 Å². The Labute approximate surface area is 264 Å². The minimum atomic E-state index is -0.742. The van der Waals surface area contributed by atoms with E-state index in [1.807, 2.05) is 0 Å². The highest BCUT2D eigenvalue weighted by Gasteiger charge is 2.21. The van der Waals surface area contributed by atoms with Gasteiger partial charge in [-0.25, -0.2) is 14.4 Å². The maximum atomic E-state index is 13.1. The summed E-state index contributed by atoms with van der Waals surface area (Å²) < 4.78 is 33.1. The maximum Gasteiger partial charge on any atom is 0.343 e. The Hall–Kier alpha value is -4.81. The number of rotatable bonds is 19. The molecule has 238 valence electrons. The number of terminal acetylenes is 1. The van der Waals surface area contributed by atoms with Crippen LogP contribution in [-0.4, -0.2) is 50.9 Å². The predicted molar refractivity (Wildman–Crippen MR) is 169 cm³/mol. The van der Waals surface area contributed by atoms with Gasteiger partial charge in [-0.3, -0.25) is 0 Å². The molecule has 0 aliphatic rings. The van der Waals surface area contributed by atoms with Crippen molar-refractivity contribution in [3.05, 3.63) is 83.4 Å². The van der Waals surface area contributed by atoms with E-state index in [-0.39, 0.29) is 35.8 Å². The second-order valence-corrected chi connectivity index (χ2v) is 9.99. The van der Waals surface area contributed by atoms with Crippen LogP contribution in [0.4, 0.5) is 0 Å². The Balaban J connectivity index is 1.71. The number of carbonyl (C=O) groups is 3. The fraction of sp³-hybridized carbons (Fsp3) is 0.361. The average molecular weight is 617 g/mol. The molecule has 0 bridgehead atoms. The van der Waals surface area contributed by atoms with Crippen molar-refractivity contribution >= 4 is 17.9 Å². The Bertz CT molecular complexity index is 1410. The van der Waals surface area contributed by atoms with Crippen LogP contribution in [0.15, 0.2) is 66.7 Å². The van der Waals surface area contributed by atoms with Crippen LogP contribution in [-0.2, 0) is 9.47 Å². The maximum absolute atomic E-state index is 13.1. The van der Waals surface area contributed by atoms with E-state index in [1.165, 1.54) is 18.2 Å². The first-order valence-corrected chi connectivity index (χ1v) is 15.2. The quantitative estimate of drug-likeness (QED) is 0.0605. The van der Waals surface area contributed by atoms with Gasteiger partial charge in [-0.05, 0) is 92.4 Å². The summed E-state index contributed by atoms with van der Waals surface area (Å²) in [6.45, 7) is 6.07. The van der Waals surface area contributed by atoms with E-state index >= 15 is 0 Å². The van der Waals surface area contributed by atoms with Crippen LogP contribution in [0, 0.1) is 12.3 Å². The number of ether oxygens (including phenoxy) is 6. The molecule has 0 amide bonds. The third-order valence-corrected chi connectivity index (χ3v) is 6.40. The number of carbonyl (C=O) groups excluding carboxylic acids is 3. The Morgan fingerprint density at radius 2 is 1.16 bits per heavy atom. The van der Waals surface area contributed by atoms with Gasteiger partial charge in [0.25, 0.3) is 0 Å². The fourth-order valence-corrected chi connectivity index (χ4v) is 3.87. The molecule has 3 rings (SSSR count). The molecule has 45 heavy (non-hydrogen) atoms. The first-order valence-electron chi connectivity index (χ1n) is 15.2. The van der Waals surface area contributed by atoms with Crippen molar-refractivity contribution in [1.29, 1.82) is 0 Å². The van der Waals surface area contributed by atoms with Crippen molar-refractivity contribution in [3.8, 4) is 35.3 Å². The molecule has 0 spiro atoms. The van der Waals surface area contributed by atoms with E-state index in [0.717, 1.165) is 25.7 Å². The SMILES string of the molecule is C#CCOCCCCOC(=O)c1cc(OC(=O)c2ccc(OCCCC)cc2)ccc1OC(=O)c1ccc(OCCCC)cc1. The van der Waals surface area contributed by atoms with Crippen LogP contribution >= 0.6 is 0 Å². The summed E-state index contributed by atoms with van der Waals surface area (Å²) in [6, 6.07) is 17.3. The normalized spacial score (nSPS) is 10.4. The summed E-state index contributed by atoms with van der Waals surface area (Å²) in [4.78, 5) is 38.9. The van der Waals surface area contributed by atoms with E-state index in [0.29, 0.717) is 49.7 Å². The molecule has 9 heteroatoms. The topological polar surface area (TPSA) is 107 Å². The molecule has 0 atom stereocenters. The number of hydrogen-bond donors (Lipinski definition) is 0. The Kier molecular flexibility index (Phi) is 15.0. The summed E-state index contributed by atoms with van der Waals surface area (Å²) in [5, 5.41) is 0. The Morgan fingerprint density at radius 3 is 1.71 bits per heavy atom. The molecule has 3 aromatic carbocycles. The van der Waals surface area contributed by atoms with Crippen LogP contribution in [0.1, 0.15) is 83.4 Å². The molecular weight excluding hydrogens is 576 g/mol. The number of benzene rings is 3. The zero-order valence-corrected chi connectivity index (χ0v) is 25.9. The molecule has 0 unspecified atom stereocenters. The molecule has 0 saturated carbocycles. The lowest BCUT2D eigenvalue weighted by Crippen LogP contribution is -2.15. The molecule has 0 radical (unpaired) electrons. The standard InChI is InChI=1S/C36H40O9/c1-4-7-23-41-29-15-11-27(12-16-29)34(37)44-31-19-20-33(32(26-31)36(39)43-25-10-9-22-40-21-6-3)45-35(38)28-13-17-30(18-14-28)42-24-8-5-2/h3,11-20,26H,4-5,7-10,21-25H2,1-2H3. The fourth-order valence-electron chi connectivity index (χ4n) is 3.87. The van der Waals surface area contributed by atoms with Gasteiger partial charge < -0.3 is 28.4 Å². The van der Waals surface area contributed by atoms with Crippen LogP contribution < -0.4 is 18.9 Å². The molecule has 3 aromatic rings. The lowest BCUT2D eigenvalue weighted by molar-refractivity contribution is 0.0479. The zero-order chi connectivity index (χ0) is 32.3. The highest BCUT2D eigenvalue weighted by Crippen LogP contribution is 2.27. The molecule has 0 aromatic heterocycles. The minimum Gasteiger partial charge on any atom is -0.494 e. The van der Waals surface area contributed by atoms with Crippen LogP contribution in [0.3, 0.4) is 0 Å². The van der Waals surface area contributed by atoms with Crippen LogP contribution in [0.5, 0.6) is 23.0 Å². The molecule has 0 heterocycles. The van der Waals surface area contributed by atoms with Gasteiger partial charge in [0.15, 0.2) is 0 Å². The van der Waals surface area contributed by atoms with Crippen molar-refractivity contribution in [2.45, 2.75) is 52.4 Å². The first-order chi connectivity index (χ1) is 21.9. The average Bonchev–Trinajstić information content (AvgIpc) is 3.05. The Morgan fingerprint density at radius 1 is 0.622 bits per heavy atom. The highest BCUT2D eigenvalue weighted by atomic mass is 16.6. The lowest BCUT2D eigenvalue weighted by Gasteiger charge is -2.13. The van der Waals surface area contributed by atoms with Gasteiger partial charge in [-0.2, -0.15) is 0 Å². The van der Waals surface area contributed by atoms with E-state index in [1.54, 1.807) is 48.5 Å². The van der Waals surface area contributed by atoms with E-state index in [4.69, 9.17) is 34.8 Å². The smallest absolute Gasteiger partial charge is 0.343 e. The second kappa shape index (κ2) is 19.5. The predicted octanol–water partition coefficient (Wildman–Crippen LogP) is 7.07. The summed E-state index contributed by atoms with van der Waals surface area (Å²) in [5.74, 6) is 1.66. The van der Waals surface area contributed by atoms with Crippen LogP contribution in [0.2, 0.25) is 0 Å². The lowest BCUT2D eigenvalue weighted by atomic mass is 10.1. The van der Waals surface area contributed by atoms with E-state index in [2.05, 4.69) is 19.8 Å². The van der Waals surface area contributed by atoms with Crippen LogP contribution in [0.25, 0.3) is 0 Å². The van der Waals surface area contributed by atoms with Crippen molar-refractivity contribution in [3.63, 3.8) is 0 Å². The van der Waals surface area contributed by atoms with Crippen molar-refractivity contribution in [2.24, 2.45) is 0 Å². The van der Waals surface area contributed by atoms with E-state index in [9.17, 15) is 14.4 Å². The summed E-state index contributed by atoms with van der Waals surface area (Å²) >= 11 is 0. The van der Waals surface area contributed by atoms with Gasteiger partial charge in [-0.1, -0.05) is 32.6 Å². The minimum absolute atomic E-state index is 0.0426. The summed E-state index contributed by atoms with van der Waals surface area (Å²) in [5.41, 5.74) is 0.491. The second-order valence-electron chi connectivity index (χ2n) is 9.99. The molecule has 0 aliphatic carbocycles. The molecular formula is C36H40O9. The third kappa shape index (κ3) is 12.0. The van der Waals surface area contributed by atoms with Gasteiger partial charge in [0.2, 0.25) is 0 Å². The van der Waals surface area contributed by atoms with Crippen molar-refractivity contribution < 1.29 is 42.8 Å². The third-order valence-electron chi connectivity index (χ3n) is 6.40. The molecule has 0 N–H and O–H groups in total.